The average molecular weight is 319 g/mol. The van der Waals surface area contributed by atoms with Gasteiger partial charge in [0.15, 0.2) is 0 Å². The van der Waals surface area contributed by atoms with Crippen LogP contribution in [0.2, 0.25) is 0 Å². The second-order valence-electron chi connectivity index (χ2n) is 4.88. The molecule has 2 aliphatic heterocycles. The van der Waals surface area contributed by atoms with Crippen molar-refractivity contribution in [1.82, 2.24) is 10.2 Å². The Morgan fingerprint density at radius 1 is 1.53 bits per heavy atom. The number of thiophene rings is 1. The molecule has 0 radical (unpaired) electrons. The van der Waals surface area contributed by atoms with Crippen LogP contribution in [-0.4, -0.2) is 42.2 Å². The molecule has 0 aliphatic carbocycles. The van der Waals surface area contributed by atoms with Crippen LogP contribution in [0.5, 0.6) is 0 Å². The number of carbonyl (C=O) groups excluding carboxylic acids is 1. The fourth-order valence-electron chi connectivity index (χ4n) is 2.67. The molecule has 3 nitrogen and oxygen atoms in total. The summed E-state index contributed by atoms with van der Waals surface area (Å²) in [4.78, 5) is 16.2. The van der Waals surface area contributed by atoms with Crippen molar-refractivity contribution in [3.8, 4) is 0 Å². The molecule has 106 valence electrons. The lowest BCUT2D eigenvalue weighted by Crippen LogP contribution is -2.53. The molecule has 3 heterocycles. The molecule has 1 aromatic rings. The van der Waals surface area contributed by atoms with Gasteiger partial charge < -0.3 is 10.2 Å². The third-order valence-electron chi connectivity index (χ3n) is 3.68. The van der Waals surface area contributed by atoms with Gasteiger partial charge in [0.25, 0.3) is 0 Å². The zero-order valence-corrected chi connectivity index (χ0v) is 13.4. The summed E-state index contributed by atoms with van der Waals surface area (Å²) in [6, 6.07) is 2.46. The van der Waals surface area contributed by atoms with E-state index in [0.29, 0.717) is 11.9 Å². The van der Waals surface area contributed by atoms with E-state index in [4.69, 9.17) is 0 Å². The molecule has 19 heavy (non-hydrogen) atoms. The van der Waals surface area contributed by atoms with E-state index in [2.05, 4.69) is 28.6 Å². The van der Waals surface area contributed by atoms with Gasteiger partial charge in [-0.25, -0.2) is 0 Å². The normalized spacial score (nSPS) is 26.5. The number of hydrogen-bond acceptors (Lipinski definition) is 4. The molecule has 2 aliphatic rings. The summed E-state index contributed by atoms with van der Waals surface area (Å²) < 4.78 is 0. The Bertz CT molecular complexity index is 452. The monoisotopic (exact) mass is 318 g/mol. The molecule has 1 fully saturated rings. The molecular weight excluding hydrogens is 300 g/mol. The summed E-state index contributed by atoms with van der Waals surface area (Å²) in [5, 5.41) is 5.50. The molecule has 6 heteroatoms. The number of fused-ring (bicyclic) bond motifs is 1. The third-order valence-corrected chi connectivity index (χ3v) is 5.91. The van der Waals surface area contributed by atoms with Crippen LogP contribution in [0.1, 0.15) is 22.6 Å². The average Bonchev–Trinajstić information content (AvgIpc) is 2.86. The summed E-state index contributed by atoms with van der Waals surface area (Å²) in [5.41, 5.74) is 1.27. The Labute approximate surface area is 128 Å². The maximum Gasteiger partial charge on any atom is 0.240 e. The predicted octanol–water partition coefficient (Wildman–Crippen LogP) is 2.32. The SMILES string of the molecule is CC1CNCCN1C(=O)C1SCCc2sccc21.Cl. The topological polar surface area (TPSA) is 32.3 Å². The second kappa shape index (κ2) is 6.48. The van der Waals surface area contributed by atoms with E-state index in [1.54, 1.807) is 11.3 Å². The minimum absolute atomic E-state index is 0. The van der Waals surface area contributed by atoms with Gasteiger partial charge in [-0.3, -0.25) is 4.79 Å². The van der Waals surface area contributed by atoms with E-state index in [1.807, 2.05) is 11.8 Å². The number of aryl methyl sites for hydroxylation is 1. The van der Waals surface area contributed by atoms with Crippen molar-refractivity contribution in [2.24, 2.45) is 0 Å². The molecule has 0 bridgehead atoms. The van der Waals surface area contributed by atoms with E-state index in [9.17, 15) is 4.79 Å². The number of halogens is 1. The van der Waals surface area contributed by atoms with Crippen molar-refractivity contribution in [2.75, 3.05) is 25.4 Å². The van der Waals surface area contributed by atoms with Crippen LogP contribution in [-0.2, 0) is 11.2 Å². The van der Waals surface area contributed by atoms with Crippen molar-refractivity contribution >= 4 is 41.4 Å². The van der Waals surface area contributed by atoms with Gasteiger partial charge in [0.2, 0.25) is 5.91 Å². The van der Waals surface area contributed by atoms with Crippen LogP contribution < -0.4 is 5.32 Å². The molecule has 1 saturated heterocycles. The van der Waals surface area contributed by atoms with Gasteiger partial charge in [0.1, 0.15) is 5.25 Å². The predicted molar refractivity (Wildman–Crippen MR) is 84.5 cm³/mol. The van der Waals surface area contributed by atoms with Crippen molar-refractivity contribution < 1.29 is 4.79 Å². The molecule has 1 N–H and O–H groups in total. The zero-order chi connectivity index (χ0) is 12.5. The van der Waals surface area contributed by atoms with Crippen molar-refractivity contribution in [3.05, 3.63) is 21.9 Å². The van der Waals surface area contributed by atoms with Crippen molar-refractivity contribution in [1.29, 1.82) is 0 Å². The quantitative estimate of drug-likeness (QED) is 0.862. The Hall–Kier alpha value is -0.230. The van der Waals surface area contributed by atoms with Crippen LogP contribution in [0.25, 0.3) is 0 Å². The standard InChI is InChI=1S/C13H18N2OS2.ClH/c1-9-8-14-4-5-15(9)13(16)12-10-2-6-17-11(10)3-7-18-12;/h2,6,9,12,14H,3-5,7-8H2,1H3;1H. The summed E-state index contributed by atoms with van der Waals surface area (Å²) >= 11 is 3.61. The van der Waals surface area contributed by atoms with E-state index >= 15 is 0 Å². The molecular formula is C13H19ClN2OS2. The van der Waals surface area contributed by atoms with Gasteiger partial charge in [0.05, 0.1) is 0 Å². The highest BCUT2D eigenvalue weighted by atomic mass is 35.5. The van der Waals surface area contributed by atoms with Crippen LogP contribution in [0.15, 0.2) is 11.4 Å². The van der Waals surface area contributed by atoms with Gasteiger partial charge in [-0.1, -0.05) is 0 Å². The van der Waals surface area contributed by atoms with Crippen LogP contribution in [0.3, 0.4) is 0 Å². The molecule has 1 amide bonds. The number of carbonyl (C=O) groups is 1. The van der Waals surface area contributed by atoms with Crippen LogP contribution in [0, 0.1) is 0 Å². The number of amides is 1. The molecule has 1 aromatic heterocycles. The lowest BCUT2D eigenvalue weighted by Gasteiger charge is -2.37. The first-order valence-corrected chi connectivity index (χ1v) is 8.39. The highest BCUT2D eigenvalue weighted by molar-refractivity contribution is 8.00. The smallest absolute Gasteiger partial charge is 0.240 e. The number of nitrogens with zero attached hydrogens (tertiary/aromatic N) is 1. The lowest BCUT2D eigenvalue weighted by atomic mass is 10.1. The maximum atomic E-state index is 12.7. The van der Waals surface area contributed by atoms with E-state index in [-0.39, 0.29) is 17.7 Å². The number of rotatable bonds is 1. The van der Waals surface area contributed by atoms with Gasteiger partial charge in [0, 0.05) is 30.6 Å². The fourth-order valence-corrected chi connectivity index (χ4v) is 5.03. The van der Waals surface area contributed by atoms with E-state index < -0.39 is 0 Å². The summed E-state index contributed by atoms with van der Waals surface area (Å²) in [5.74, 6) is 1.39. The molecule has 0 aromatic carbocycles. The number of thioether (sulfide) groups is 1. The van der Waals surface area contributed by atoms with Gasteiger partial charge in [-0.2, -0.15) is 0 Å². The summed E-state index contributed by atoms with van der Waals surface area (Å²) in [7, 11) is 0. The first-order chi connectivity index (χ1) is 8.77. The Morgan fingerprint density at radius 2 is 2.37 bits per heavy atom. The first-order valence-electron chi connectivity index (χ1n) is 6.46. The number of nitrogens with one attached hydrogen (secondary N) is 1. The largest absolute Gasteiger partial charge is 0.336 e. The summed E-state index contributed by atoms with van der Waals surface area (Å²) in [6.45, 7) is 4.81. The summed E-state index contributed by atoms with van der Waals surface area (Å²) in [6.07, 6.45) is 1.12. The van der Waals surface area contributed by atoms with E-state index in [1.165, 1.54) is 10.4 Å². The minimum atomic E-state index is 0. The number of piperazine rings is 1. The molecule has 0 saturated carbocycles. The van der Waals surface area contributed by atoms with Crippen LogP contribution in [0.4, 0.5) is 0 Å². The highest BCUT2D eigenvalue weighted by Gasteiger charge is 2.33. The second-order valence-corrected chi connectivity index (χ2v) is 7.10. The molecule has 2 atom stereocenters. The van der Waals surface area contributed by atoms with Gasteiger partial charge in [-0.15, -0.1) is 35.5 Å². The molecule has 0 spiro atoms. The minimum Gasteiger partial charge on any atom is -0.336 e. The Kier molecular flexibility index (Phi) is 5.17. The van der Waals surface area contributed by atoms with Crippen LogP contribution >= 0.6 is 35.5 Å². The zero-order valence-electron chi connectivity index (χ0n) is 10.9. The molecule has 2 unspecified atom stereocenters. The van der Waals surface area contributed by atoms with Crippen molar-refractivity contribution in [3.63, 3.8) is 0 Å². The van der Waals surface area contributed by atoms with Gasteiger partial charge in [-0.05, 0) is 36.1 Å². The maximum absolute atomic E-state index is 12.7. The number of hydrogen-bond donors (Lipinski definition) is 1. The first kappa shape index (κ1) is 15.2. The van der Waals surface area contributed by atoms with E-state index in [0.717, 1.165) is 31.8 Å². The van der Waals surface area contributed by atoms with Gasteiger partial charge >= 0.3 is 0 Å². The Balaban J connectivity index is 0.00000133. The highest BCUT2D eigenvalue weighted by Crippen LogP contribution is 2.40. The fraction of sp³-hybridized carbons (Fsp3) is 0.615. The third kappa shape index (κ3) is 2.94. The van der Waals surface area contributed by atoms with Crippen molar-refractivity contribution in [2.45, 2.75) is 24.6 Å². The molecule has 3 rings (SSSR count). The Morgan fingerprint density at radius 3 is 3.16 bits per heavy atom. The lowest BCUT2D eigenvalue weighted by molar-refractivity contribution is -0.133.